The smallest absolute Gasteiger partial charge is 0.269 e. The number of amidine groups is 1. The van der Waals surface area contributed by atoms with Gasteiger partial charge in [-0.1, -0.05) is 0 Å². The highest BCUT2D eigenvalue weighted by Crippen LogP contribution is 2.36. The molecule has 0 amide bonds. The molecule has 0 saturated carbocycles. The van der Waals surface area contributed by atoms with E-state index in [2.05, 4.69) is 15.3 Å². The van der Waals surface area contributed by atoms with Crippen molar-refractivity contribution < 1.29 is 9.72 Å². The molecule has 0 radical (unpaired) electrons. The number of nitrogens with zero attached hydrogens (tertiary/aromatic N) is 3. The van der Waals surface area contributed by atoms with Crippen molar-refractivity contribution >= 4 is 23.5 Å². The van der Waals surface area contributed by atoms with Gasteiger partial charge in [0, 0.05) is 47.0 Å². The summed E-state index contributed by atoms with van der Waals surface area (Å²) in [4.78, 5) is 32.2. The number of carbonyl (C=O) groups is 1. The number of nitro benzene ring substituents is 1. The number of aliphatic imine (C=N–C) groups is 2. The van der Waals surface area contributed by atoms with Crippen molar-refractivity contribution in [1.82, 2.24) is 5.32 Å². The normalized spacial score (nSPS) is 21.0. The maximum absolute atomic E-state index is 13.0. The quantitative estimate of drug-likeness (QED) is 0.515. The fraction of sp³-hybridized carbons (Fsp3) is 0.211. The van der Waals surface area contributed by atoms with Gasteiger partial charge in [0.15, 0.2) is 5.78 Å². The third-order valence-corrected chi connectivity index (χ3v) is 4.72. The van der Waals surface area contributed by atoms with Crippen molar-refractivity contribution in [2.45, 2.75) is 25.8 Å². The topological polar surface area (TPSA) is 97.0 Å². The van der Waals surface area contributed by atoms with Gasteiger partial charge >= 0.3 is 0 Å². The van der Waals surface area contributed by atoms with Crippen LogP contribution in [0.4, 0.5) is 5.69 Å². The van der Waals surface area contributed by atoms with Crippen LogP contribution in [-0.4, -0.2) is 28.8 Å². The van der Waals surface area contributed by atoms with Crippen LogP contribution in [0.15, 0.2) is 68.9 Å². The van der Waals surface area contributed by atoms with Crippen LogP contribution >= 0.6 is 0 Å². The molecule has 1 aliphatic carbocycles. The van der Waals surface area contributed by atoms with Gasteiger partial charge in [0.1, 0.15) is 0 Å². The monoisotopic (exact) mass is 348 g/mol. The molecule has 0 spiro atoms. The molecule has 7 nitrogen and oxygen atoms in total. The zero-order valence-electron chi connectivity index (χ0n) is 14.1. The number of hydrogen-bond acceptors (Lipinski definition) is 6. The van der Waals surface area contributed by atoms with Crippen LogP contribution in [0.1, 0.15) is 30.1 Å². The minimum atomic E-state index is -0.481. The molecule has 4 rings (SSSR count). The number of non-ortho nitro benzene ring substituents is 1. The number of hydrogen-bond donors (Lipinski definition) is 1. The molecule has 1 aromatic carbocycles. The Kier molecular flexibility index (Phi) is 3.84. The van der Waals surface area contributed by atoms with Crippen LogP contribution in [-0.2, 0) is 0 Å². The summed E-state index contributed by atoms with van der Waals surface area (Å²) in [5.74, 6) is 0.690. The predicted molar refractivity (Wildman–Crippen MR) is 98.4 cm³/mol. The van der Waals surface area contributed by atoms with E-state index in [4.69, 9.17) is 0 Å². The largest absolute Gasteiger partial charge is 0.345 e. The molecule has 7 heteroatoms. The van der Waals surface area contributed by atoms with E-state index in [1.54, 1.807) is 12.4 Å². The Morgan fingerprint density at radius 2 is 2.08 bits per heavy atom. The van der Waals surface area contributed by atoms with Crippen molar-refractivity contribution in [3.05, 3.63) is 74.6 Å². The number of nitro groups is 1. The highest BCUT2D eigenvalue weighted by atomic mass is 16.6. The van der Waals surface area contributed by atoms with Gasteiger partial charge in [0.05, 0.1) is 16.8 Å². The van der Waals surface area contributed by atoms with Crippen LogP contribution in [0.25, 0.3) is 0 Å². The second kappa shape index (κ2) is 6.18. The zero-order chi connectivity index (χ0) is 18.3. The molecule has 0 bridgehead atoms. The minimum absolute atomic E-state index is 0.0403. The number of benzene rings is 1. The summed E-state index contributed by atoms with van der Waals surface area (Å²) in [6.07, 6.45) is 6.72. The van der Waals surface area contributed by atoms with Crippen LogP contribution < -0.4 is 5.32 Å². The Morgan fingerprint density at radius 1 is 1.31 bits per heavy atom. The Hall–Kier alpha value is -3.35. The second-order valence-corrected chi connectivity index (χ2v) is 6.34. The summed E-state index contributed by atoms with van der Waals surface area (Å²) in [7, 11) is 0. The van der Waals surface area contributed by atoms with E-state index in [1.165, 1.54) is 24.3 Å². The molecule has 0 fully saturated rings. The molecule has 1 atom stereocenters. The van der Waals surface area contributed by atoms with Gasteiger partial charge in [0.2, 0.25) is 0 Å². The molecule has 0 saturated heterocycles. The lowest BCUT2D eigenvalue weighted by atomic mass is 9.84. The lowest BCUT2D eigenvalue weighted by molar-refractivity contribution is -0.384. The van der Waals surface area contributed by atoms with Crippen molar-refractivity contribution in [1.29, 1.82) is 0 Å². The number of nitrogens with one attached hydrogen (secondary N) is 1. The van der Waals surface area contributed by atoms with Gasteiger partial charge in [-0.2, -0.15) is 0 Å². The van der Waals surface area contributed by atoms with Gasteiger partial charge in [-0.3, -0.25) is 24.9 Å². The lowest BCUT2D eigenvalue weighted by Gasteiger charge is -2.23. The van der Waals surface area contributed by atoms with E-state index >= 15 is 0 Å². The fourth-order valence-electron chi connectivity index (χ4n) is 3.51. The number of carbonyl (C=O) groups excluding carboxylic acids is 1. The Balaban J connectivity index is 1.76. The summed E-state index contributed by atoms with van der Waals surface area (Å²) in [6, 6.07) is 5.76. The van der Waals surface area contributed by atoms with Crippen LogP contribution in [0.2, 0.25) is 0 Å². The minimum Gasteiger partial charge on any atom is -0.345 e. The molecule has 26 heavy (non-hydrogen) atoms. The molecule has 2 heterocycles. The summed E-state index contributed by atoms with van der Waals surface area (Å²) in [5, 5.41) is 14.1. The average Bonchev–Trinajstić information content (AvgIpc) is 2.89. The van der Waals surface area contributed by atoms with E-state index in [9.17, 15) is 14.9 Å². The van der Waals surface area contributed by atoms with Crippen molar-refractivity contribution in [2.24, 2.45) is 9.98 Å². The highest BCUT2D eigenvalue weighted by Gasteiger charge is 2.32. The van der Waals surface area contributed by atoms with Crippen molar-refractivity contribution in [2.75, 3.05) is 0 Å². The maximum Gasteiger partial charge on any atom is 0.269 e. The molecule has 1 aromatic rings. The molecular formula is C19H16N4O3. The molecular weight excluding hydrogens is 332 g/mol. The SMILES string of the molecule is CC1=N[C@H]2CCC3=C(C(=O)c4ccc([N+](=O)[O-])cc4)C=NC=CC3=C2N1. The van der Waals surface area contributed by atoms with E-state index in [1.807, 2.05) is 13.0 Å². The summed E-state index contributed by atoms with van der Waals surface area (Å²) in [6.45, 7) is 1.93. The predicted octanol–water partition coefficient (Wildman–Crippen LogP) is 3.11. The van der Waals surface area contributed by atoms with E-state index in [-0.39, 0.29) is 17.5 Å². The zero-order valence-corrected chi connectivity index (χ0v) is 14.1. The third-order valence-electron chi connectivity index (χ3n) is 4.72. The first-order valence-electron chi connectivity index (χ1n) is 8.32. The van der Waals surface area contributed by atoms with E-state index < -0.39 is 4.92 Å². The van der Waals surface area contributed by atoms with E-state index in [0.717, 1.165) is 35.5 Å². The lowest BCUT2D eigenvalue weighted by Crippen LogP contribution is -2.24. The number of ketones is 1. The van der Waals surface area contributed by atoms with Gasteiger partial charge in [0.25, 0.3) is 5.69 Å². The summed E-state index contributed by atoms with van der Waals surface area (Å²) < 4.78 is 0. The molecule has 0 aromatic heterocycles. The Labute approximate surface area is 149 Å². The van der Waals surface area contributed by atoms with Crippen molar-refractivity contribution in [3.8, 4) is 0 Å². The number of rotatable bonds is 3. The molecule has 2 aliphatic heterocycles. The second-order valence-electron chi connectivity index (χ2n) is 6.34. The molecule has 0 unspecified atom stereocenters. The standard InChI is InChI=1S/C19H16N4O3/c1-11-21-17-7-6-14-15(18(17)22-11)8-9-20-10-16(14)19(24)12-2-4-13(5-3-12)23(25)26/h2-5,8-10,17H,6-7H2,1H3,(H,21,22)/t17-/m0/s1. The maximum atomic E-state index is 13.0. The molecule has 3 aliphatic rings. The van der Waals surface area contributed by atoms with Gasteiger partial charge in [-0.25, -0.2) is 0 Å². The van der Waals surface area contributed by atoms with Crippen LogP contribution in [0.3, 0.4) is 0 Å². The first-order valence-corrected chi connectivity index (χ1v) is 8.32. The van der Waals surface area contributed by atoms with Crippen molar-refractivity contribution in [3.63, 3.8) is 0 Å². The first-order chi connectivity index (χ1) is 12.5. The fourth-order valence-corrected chi connectivity index (χ4v) is 3.51. The molecule has 1 N–H and O–H groups in total. The van der Waals surface area contributed by atoms with Gasteiger partial charge < -0.3 is 5.32 Å². The summed E-state index contributed by atoms with van der Waals surface area (Å²) in [5.41, 5.74) is 3.81. The Morgan fingerprint density at radius 3 is 2.81 bits per heavy atom. The number of allylic oxidation sites excluding steroid dienone is 4. The third kappa shape index (κ3) is 2.67. The van der Waals surface area contributed by atoms with Gasteiger partial charge in [-0.05, 0) is 43.5 Å². The van der Waals surface area contributed by atoms with Crippen LogP contribution in [0.5, 0.6) is 0 Å². The highest BCUT2D eigenvalue weighted by molar-refractivity contribution is 6.22. The Bertz CT molecular complexity index is 965. The molecule has 130 valence electrons. The number of Topliss-reactive ketones (excluding diaryl/α,β-unsaturated/α-hetero) is 1. The first kappa shape index (κ1) is 16.1. The van der Waals surface area contributed by atoms with Gasteiger partial charge in [-0.15, -0.1) is 0 Å². The number of fused-ring (bicyclic) bond motifs is 2. The summed E-state index contributed by atoms with van der Waals surface area (Å²) >= 11 is 0. The average molecular weight is 348 g/mol. The van der Waals surface area contributed by atoms with Crippen LogP contribution in [0, 0.1) is 10.1 Å². The van der Waals surface area contributed by atoms with E-state index in [0.29, 0.717) is 11.1 Å².